The van der Waals surface area contributed by atoms with Crippen molar-refractivity contribution in [3.8, 4) is 5.75 Å². The van der Waals surface area contributed by atoms with Crippen molar-refractivity contribution >= 4 is 16.5 Å². The van der Waals surface area contributed by atoms with Gasteiger partial charge in [0.25, 0.3) is 5.79 Å². The second kappa shape index (κ2) is 6.19. The Bertz CT molecular complexity index is 868. The first-order chi connectivity index (χ1) is 12.4. The molecule has 2 aliphatic rings. The Kier molecular flexibility index (Phi) is 4.09. The molecule has 26 heavy (non-hydrogen) atoms. The Morgan fingerprint density at radius 2 is 1.77 bits per heavy atom. The van der Waals surface area contributed by atoms with Crippen molar-refractivity contribution in [2.24, 2.45) is 5.16 Å². The highest BCUT2D eigenvalue weighted by Crippen LogP contribution is 2.39. The third-order valence-corrected chi connectivity index (χ3v) is 4.92. The topological polar surface area (TPSA) is 132 Å². The molecule has 138 valence electrons. The molecule has 1 spiro atoms. The predicted molar refractivity (Wildman–Crippen MR) is 90.6 cm³/mol. The summed E-state index contributed by atoms with van der Waals surface area (Å²) in [4.78, 5) is 5.34. The standard InChI is InChI=1S/C18H19NO7/c20-8-14-15(22)16(23)17(24)18(25-14)7-13(19-26-18)11-2-1-10-6-12(21)4-3-9(10)5-11/h1-6,14-17,20-24H,7-8H2/t14-,15-,16+,17-,18-/m1/s1. The molecule has 0 saturated carbocycles. The molecule has 2 aromatic rings. The number of aliphatic hydroxyl groups is 4. The number of aromatic hydroxyl groups is 1. The molecule has 5 atom stereocenters. The second-order valence-electron chi connectivity index (χ2n) is 6.63. The van der Waals surface area contributed by atoms with E-state index in [4.69, 9.17) is 9.57 Å². The van der Waals surface area contributed by atoms with Gasteiger partial charge < -0.3 is 35.1 Å². The van der Waals surface area contributed by atoms with Crippen molar-refractivity contribution in [3.05, 3.63) is 42.0 Å². The largest absolute Gasteiger partial charge is 0.508 e. The normalized spacial score (nSPS) is 34.1. The Morgan fingerprint density at radius 1 is 1.04 bits per heavy atom. The molecule has 5 N–H and O–H groups in total. The van der Waals surface area contributed by atoms with Gasteiger partial charge >= 0.3 is 0 Å². The number of hydrogen-bond donors (Lipinski definition) is 5. The van der Waals surface area contributed by atoms with Gasteiger partial charge in [-0.3, -0.25) is 0 Å². The van der Waals surface area contributed by atoms with Gasteiger partial charge in [0.05, 0.1) is 18.7 Å². The van der Waals surface area contributed by atoms with Crippen molar-refractivity contribution in [2.75, 3.05) is 6.61 Å². The quantitative estimate of drug-likeness (QED) is 0.502. The van der Waals surface area contributed by atoms with E-state index in [-0.39, 0.29) is 12.2 Å². The number of nitrogens with zero attached hydrogens (tertiary/aromatic N) is 1. The minimum absolute atomic E-state index is 0.0397. The summed E-state index contributed by atoms with van der Waals surface area (Å²) >= 11 is 0. The smallest absolute Gasteiger partial charge is 0.271 e. The summed E-state index contributed by atoms with van der Waals surface area (Å²) in [5.41, 5.74) is 1.23. The van der Waals surface area contributed by atoms with E-state index >= 15 is 0 Å². The summed E-state index contributed by atoms with van der Waals surface area (Å²) in [7, 11) is 0. The van der Waals surface area contributed by atoms with E-state index in [0.717, 1.165) is 16.3 Å². The maximum atomic E-state index is 10.3. The van der Waals surface area contributed by atoms with Gasteiger partial charge in [-0.05, 0) is 29.0 Å². The Labute approximate surface area is 148 Å². The van der Waals surface area contributed by atoms with Crippen LogP contribution in [-0.2, 0) is 9.57 Å². The van der Waals surface area contributed by atoms with Gasteiger partial charge in [-0.15, -0.1) is 0 Å². The van der Waals surface area contributed by atoms with E-state index in [9.17, 15) is 25.5 Å². The maximum Gasteiger partial charge on any atom is 0.271 e. The highest BCUT2D eigenvalue weighted by molar-refractivity contribution is 6.04. The molecular weight excluding hydrogens is 342 g/mol. The Balaban J connectivity index is 1.62. The van der Waals surface area contributed by atoms with Crippen molar-refractivity contribution in [1.29, 1.82) is 0 Å². The molecule has 0 unspecified atom stereocenters. The fourth-order valence-corrected chi connectivity index (χ4v) is 3.43. The molecule has 8 nitrogen and oxygen atoms in total. The van der Waals surface area contributed by atoms with Crippen LogP contribution in [0.2, 0.25) is 0 Å². The summed E-state index contributed by atoms with van der Waals surface area (Å²) in [5, 5.41) is 54.9. The number of hydrogen-bond acceptors (Lipinski definition) is 8. The summed E-state index contributed by atoms with van der Waals surface area (Å²) in [6, 6.07) is 10.5. The molecule has 0 aromatic heterocycles. The van der Waals surface area contributed by atoms with Crippen molar-refractivity contribution in [3.63, 3.8) is 0 Å². The van der Waals surface area contributed by atoms with Crippen LogP contribution in [0.5, 0.6) is 5.75 Å². The average Bonchev–Trinajstić information content (AvgIpc) is 3.08. The third kappa shape index (κ3) is 2.63. The summed E-state index contributed by atoms with van der Waals surface area (Å²) in [6.45, 7) is -0.537. The number of aliphatic hydroxyl groups excluding tert-OH is 4. The minimum atomic E-state index is -1.66. The number of benzene rings is 2. The van der Waals surface area contributed by atoms with Gasteiger partial charge in [0.1, 0.15) is 24.1 Å². The van der Waals surface area contributed by atoms with Crippen LogP contribution in [0.3, 0.4) is 0 Å². The second-order valence-corrected chi connectivity index (χ2v) is 6.63. The molecule has 2 aromatic carbocycles. The zero-order chi connectivity index (χ0) is 18.5. The van der Waals surface area contributed by atoms with Crippen LogP contribution in [0.25, 0.3) is 10.8 Å². The molecule has 2 heterocycles. The fraction of sp³-hybridized carbons (Fsp3) is 0.389. The van der Waals surface area contributed by atoms with Crippen LogP contribution in [0.1, 0.15) is 12.0 Å². The molecule has 2 aliphatic heterocycles. The lowest BCUT2D eigenvalue weighted by Crippen LogP contribution is -2.65. The molecule has 4 rings (SSSR count). The van der Waals surface area contributed by atoms with Crippen LogP contribution in [0.15, 0.2) is 41.6 Å². The first kappa shape index (κ1) is 17.2. The van der Waals surface area contributed by atoms with E-state index in [1.165, 1.54) is 0 Å². The Morgan fingerprint density at radius 3 is 2.54 bits per heavy atom. The highest BCUT2D eigenvalue weighted by atomic mass is 16.8. The van der Waals surface area contributed by atoms with Crippen molar-refractivity contribution < 1.29 is 35.1 Å². The maximum absolute atomic E-state index is 10.3. The molecule has 0 bridgehead atoms. The van der Waals surface area contributed by atoms with Crippen LogP contribution < -0.4 is 0 Å². The number of ether oxygens (including phenoxy) is 1. The molecular formula is C18H19NO7. The zero-order valence-electron chi connectivity index (χ0n) is 13.7. The lowest BCUT2D eigenvalue weighted by atomic mass is 9.88. The third-order valence-electron chi connectivity index (χ3n) is 4.92. The number of fused-ring (bicyclic) bond motifs is 1. The molecule has 0 aliphatic carbocycles. The average molecular weight is 361 g/mol. The van der Waals surface area contributed by atoms with Crippen molar-refractivity contribution in [2.45, 2.75) is 36.6 Å². The van der Waals surface area contributed by atoms with E-state index in [1.807, 2.05) is 12.1 Å². The van der Waals surface area contributed by atoms with E-state index < -0.39 is 36.8 Å². The monoisotopic (exact) mass is 361 g/mol. The predicted octanol–water partition coefficient (Wildman–Crippen LogP) is -0.160. The molecule has 0 amide bonds. The lowest BCUT2D eigenvalue weighted by molar-refractivity contribution is -0.355. The number of phenols is 1. The van der Waals surface area contributed by atoms with E-state index in [0.29, 0.717) is 5.71 Å². The first-order valence-corrected chi connectivity index (χ1v) is 8.24. The number of phenolic OH excluding ortho intramolecular Hbond substituents is 1. The molecule has 8 heteroatoms. The van der Waals surface area contributed by atoms with Crippen LogP contribution in [0, 0.1) is 0 Å². The van der Waals surface area contributed by atoms with Gasteiger partial charge in [0, 0.05) is 5.56 Å². The Hall–Kier alpha value is -2.23. The van der Waals surface area contributed by atoms with Crippen LogP contribution in [0.4, 0.5) is 0 Å². The SMILES string of the molecule is OC[C@H]1O[C@@]2(CC(c3ccc4cc(O)ccc4c3)=NO2)[C@H](O)[C@@H](O)[C@@H]1O. The fourth-order valence-electron chi connectivity index (χ4n) is 3.43. The lowest BCUT2D eigenvalue weighted by Gasteiger charge is -2.44. The van der Waals surface area contributed by atoms with Gasteiger partial charge in [-0.1, -0.05) is 23.4 Å². The van der Waals surface area contributed by atoms with Gasteiger partial charge in [0.2, 0.25) is 0 Å². The zero-order valence-corrected chi connectivity index (χ0v) is 13.7. The van der Waals surface area contributed by atoms with Gasteiger partial charge in [-0.25, -0.2) is 0 Å². The molecule has 1 fully saturated rings. The highest BCUT2D eigenvalue weighted by Gasteiger charge is 2.58. The summed E-state index contributed by atoms with van der Waals surface area (Å²) in [6.07, 6.45) is -5.55. The van der Waals surface area contributed by atoms with Gasteiger partial charge in [-0.2, -0.15) is 0 Å². The summed E-state index contributed by atoms with van der Waals surface area (Å²) in [5.74, 6) is -1.49. The first-order valence-electron chi connectivity index (χ1n) is 8.24. The molecule has 1 saturated heterocycles. The molecule has 0 radical (unpaired) electrons. The van der Waals surface area contributed by atoms with Gasteiger partial charge in [0.15, 0.2) is 6.10 Å². The van der Waals surface area contributed by atoms with Crippen molar-refractivity contribution in [1.82, 2.24) is 0 Å². The minimum Gasteiger partial charge on any atom is -0.508 e. The number of oxime groups is 1. The summed E-state index contributed by atoms with van der Waals surface area (Å²) < 4.78 is 5.55. The van der Waals surface area contributed by atoms with Crippen LogP contribution in [-0.4, -0.2) is 68.1 Å². The van der Waals surface area contributed by atoms with E-state index in [2.05, 4.69) is 5.16 Å². The number of rotatable bonds is 2. The van der Waals surface area contributed by atoms with E-state index in [1.54, 1.807) is 24.3 Å². The van der Waals surface area contributed by atoms with Crippen LogP contribution >= 0.6 is 0 Å².